The fourth-order valence-corrected chi connectivity index (χ4v) is 2.28. The zero-order chi connectivity index (χ0) is 24.0. The number of hydrogen-bond acceptors (Lipinski definition) is 7. The number of carbonyl (C=O) groups excluding carboxylic acids is 1. The van der Waals surface area contributed by atoms with Gasteiger partial charge in [-0.15, -0.1) is 0 Å². The minimum Gasteiger partial charge on any atom is -0.481 e. The maximum absolute atomic E-state index is 12.5. The van der Waals surface area contributed by atoms with E-state index in [1.807, 2.05) is 0 Å². The summed E-state index contributed by atoms with van der Waals surface area (Å²) in [6.45, 7) is 5.50. The van der Waals surface area contributed by atoms with Gasteiger partial charge in [-0.3, -0.25) is 23.5 Å². The van der Waals surface area contributed by atoms with Gasteiger partial charge in [0.2, 0.25) is 6.41 Å². The normalized spacial score (nSPS) is 9.20. The second-order valence-corrected chi connectivity index (χ2v) is 5.67. The van der Waals surface area contributed by atoms with Crippen molar-refractivity contribution in [3.05, 3.63) is 38.8 Å². The van der Waals surface area contributed by atoms with Crippen LogP contribution in [-0.2, 0) is 30.2 Å². The van der Waals surface area contributed by atoms with E-state index in [9.17, 15) is 14.4 Å². The van der Waals surface area contributed by atoms with E-state index in [2.05, 4.69) is 22.6 Å². The number of nitrogens with two attached hydrogens (primary N) is 1. The summed E-state index contributed by atoms with van der Waals surface area (Å²) in [5.74, 6) is -0.316. The number of hydrogen-bond donors (Lipinski definition) is 4. The van der Waals surface area contributed by atoms with Crippen molar-refractivity contribution < 1.29 is 19.8 Å². The molecule has 1 amide bonds. The lowest BCUT2D eigenvalue weighted by molar-refractivity contribution is -0.137. The number of allylic oxidation sites excluding steroid dienone is 1. The van der Waals surface area contributed by atoms with Crippen LogP contribution in [-0.4, -0.2) is 62.5 Å². The molecular formula is C18H32N6O6. The van der Waals surface area contributed by atoms with Crippen LogP contribution in [0.2, 0.25) is 0 Å². The number of aliphatic hydroxyl groups excluding tert-OH is 1. The number of nitrogens with one attached hydrogen (secondary N) is 1. The molecule has 0 saturated carbocycles. The van der Waals surface area contributed by atoms with Crippen LogP contribution in [0.25, 0.3) is 11.2 Å². The third-order valence-corrected chi connectivity index (χ3v) is 3.78. The van der Waals surface area contributed by atoms with Gasteiger partial charge in [0, 0.05) is 34.7 Å². The summed E-state index contributed by atoms with van der Waals surface area (Å²) in [4.78, 5) is 48.7. The predicted molar refractivity (Wildman–Crippen MR) is 114 cm³/mol. The lowest BCUT2D eigenvalue weighted by Gasteiger charge is -2.10. The highest BCUT2D eigenvalue weighted by Gasteiger charge is 2.17. The van der Waals surface area contributed by atoms with Crippen LogP contribution in [0.1, 0.15) is 18.7 Å². The van der Waals surface area contributed by atoms with Crippen molar-refractivity contribution in [3.8, 4) is 0 Å². The number of amides is 1. The Kier molecular flexibility index (Phi) is 14.2. The first-order valence-electron chi connectivity index (χ1n) is 8.80. The molecule has 0 aliphatic heterocycles. The van der Waals surface area contributed by atoms with Crippen molar-refractivity contribution in [2.45, 2.75) is 26.3 Å². The lowest BCUT2D eigenvalue weighted by Crippen LogP contribution is -2.40. The average molecular weight is 428 g/mol. The molecule has 0 atom stereocenters. The molecule has 5 N–H and O–H groups in total. The van der Waals surface area contributed by atoms with Crippen LogP contribution in [0.5, 0.6) is 0 Å². The molecule has 0 unspecified atom stereocenters. The van der Waals surface area contributed by atoms with Crippen molar-refractivity contribution in [2.24, 2.45) is 19.8 Å². The van der Waals surface area contributed by atoms with E-state index < -0.39 is 17.2 Å². The Bertz CT molecular complexity index is 957. The molecule has 2 rings (SSSR count). The van der Waals surface area contributed by atoms with Crippen LogP contribution in [0.15, 0.2) is 21.7 Å². The largest absolute Gasteiger partial charge is 0.481 e. The van der Waals surface area contributed by atoms with Gasteiger partial charge < -0.3 is 25.8 Å². The smallest absolute Gasteiger partial charge is 0.332 e. The standard InChI is InChI=1S/C14H18N4O4.C2H5NO.CH5N.CH4O/c1-8(5-6-10(19)20)7-18-13(21)11-12(17(4)14(18)22)15-9(2)16(11)3;1-3-2-4;2*1-2/h1,5-7H2,2-4H3,(H,19,20);2H,1H3,(H,3,4);2H2,1H3;2H,1H3. The quantitative estimate of drug-likeness (QED) is 0.324. The van der Waals surface area contributed by atoms with Gasteiger partial charge in [-0.1, -0.05) is 12.2 Å². The van der Waals surface area contributed by atoms with E-state index >= 15 is 0 Å². The van der Waals surface area contributed by atoms with Gasteiger partial charge >= 0.3 is 11.7 Å². The molecule has 12 heteroatoms. The Morgan fingerprint density at radius 3 is 2.13 bits per heavy atom. The summed E-state index contributed by atoms with van der Waals surface area (Å²) >= 11 is 0. The third kappa shape index (κ3) is 7.64. The van der Waals surface area contributed by atoms with Crippen LogP contribution in [0, 0.1) is 6.92 Å². The molecule has 0 fully saturated rings. The monoisotopic (exact) mass is 428 g/mol. The summed E-state index contributed by atoms with van der Waals surface area (Å²) in [6.07, 6.45) is 0.758. The van der Waals surface area contributed by atoms with Gasteiger partial charge in [-0.25, -0.2) is 9.78 Å². The van der Waals surface area contributed by atoms with E-state index in [4.69, 9.17) is 15.0 Å². The third-order valence-electron chi connectivity index (χ3n) is 3.78. The first-order valence-corrected chi connectivity index (χ1v) is 8.80. The second kappa shape index (κ2) is 14.7. The number of aliphatic hydroxyl groups is 1. The van der Waals surface area contributed by atoms with E-state index in [1.54, 1.807) is 32.6 Å². The summed E-state index contributed by atoms with van der Waals surface area (Å²) in [6, 6.07) is 0. The number of aryl methyl sites for hydroxylation is 3. The first-order chi connectivity index (χ1) is 14.1. The Balaban J connectivity index is 0. The van der Waals surface area contributed by atoms with Gasteiger partial charge in [-0.2, -0.15) is 0 Å². The number of nitrogens with zero attached hydrogens (tertiary/aromatic N) is 4. The molecule has 0 bridgehead atoms. The molecule has 0 radical (unpaired) electrons. The van der Waals surface area contributed by atoms with Crippen molar-refractivity contribution in [1.82, 2.24) is 24.0 Å². The van der Waals surface area contributed by atoms with E-state index in [1.165, 1.54) is 11.6 Å². The van der Waals surface area contributed by atoms with Crippen molar-refractivity contribution in [3.63, 3.8) is 0 Å². The number of carbonyl (C=O) groups is 2. The SMILES string of the molecule is C=C(CCC(=O)O)Cn1c(=O)c2c(nc(C)n2C)n(C)c1=O.CN.CNC=O.CO. The van der Waals surface area contributed by atoms with Crippen LogP contribution < -0.4 is 22.3 Å². The molecule has 2 aromatic rings. The molecule has 0 spiro atoms. The summed E-state index contributed by atoms with van der Waals surface area (Å²) < 4.78 is 4.01. The molecule has 2 heterocycles. The van der Waals surface area contributed by atoms with Gasteiger partial charge in [0.25, 0.3) is 5.56 Å². The highest BCUT2D eigenvalue weighted by molar-refractivity contribution is 5.70. The number of rotatable bonds is 6. The van der Waals surface area contributed by atoms with Gasteiger partial charge in [-0.05, 0) is 20.4 Å². The maximum Gasteiger partial charge on any atom is 0.332 e. The number of carboxylic acid groups (broad SMARTS) is 1. The molecule has 0 aromatic carbocycles. The van der Waals surface area contributed by atoms with Gasteiger partial charge in [0.15, 0.2) is 11.2 Å². The molecular weight excluding hydrogens is 396 g/mol. The fourth-order valence-electron chi connectivity index (χ4n) is 2.28. The Morgan fingerprint density at radius 2 is 1.70 bits per heavy atom. The molecule has 0 aliphatic rings. The van der Waals surface area contributed by atoms with Crippen LogP contribution in [0.3, 0.4) is 0 Å². The molecule has 0 saturated heterocycles. The summed E-state index contributed by atoms with van der Waals surface area (Å²) in [7, 11) is 7.32. The molecule has 0 aliphatic carbocycles. The second-order valence-electron chi connectivity index (χ2n) is 5.67. The fraction of sp³-hybridized carbons (Fsp3) is 0.500. The Hall–Kier alpha value is -3.25. The average Bonchev–Trinajstić information content (AvgIpc) is 3.06. The lowest BCUT2D eigenvalue weighted by atomic mass is 10.1. The van der Waals surface area contributed by atoms with Gasteiger partial charge in [0.1, 0.15) is 5.82 Å². The molecule has 30 heavy (non-hydrogen) atoms. The summed E-state index contributed by atoms with van der Waals surface area (Å²) in [5.41, 5.74) is 4.75. The highest BCUT2D eigenvalue weighted by Crippen LogP contribution is 2.09. The number of imidazole rings is 1. The van der Waals surface area contributed by atoms with Crippen LogP contribution in [0.4, 0.5) is 0 Å². The van der Waals surface area contributed by atoms with Crippen molar-refractivity contribution >= 4 is 23.5 Å². The zero-order valence-electron chi connectivity index (χ0n) is 18.3. The van der Waals surface area contributed by atoms with E-state index in [0.29, 0.717) is 29.0 Å². The highest BCUT2D eigenvalue weighted by atomic mass is 16.4. The maximum atomic E-state index is 12.5. The van der Waals surface area contributed by atoms with Crippen molar-refractivity contribution in [2.75, 3.05) is 21.2 Å². The van der Waals surface area contributed by atoms with Crippen molar-refractivity contribution in [1.29, 1.82) is 0 Å². The van der Waals surface area contributed by atoms with Gasteiger partial charge in [0.05, 0.1) is 6.54 Å². The predicted octanol–water partition coefficient (Wildman–Crippen LogP) is -1.29. The molecule has 170 valence electrons. The zero-order valence-corrected chi connectivity index (χ0v) is 18.3. The van der Waals surface area contributed by atoms with E-state index in [0.717, 1.165) is 11.7 Å². The minimum atomic E-state index is -0.945. The first kappa shape index (κ1) is 29.0. The Labute approximate surface area is 174 Å². The minimum absolute atomic E-state index is 0.00104. The topological polar surface area (TPSA) is 174 Å². The van der Waals surface area contributed by atoms with E-state index in [-0.39, 0.29) is 19.4 Å². The van der Waals surface area contributed by atoms with Crippen LogP contribution >= 0.6 is 0 Å². The number of fused-ring (bicyclic) bond motifs is 1. The number of aliphatic carboxylic acids is 1. The number of aromatic nitrogens is 4. The number of carboxylic acids is 1. The Morgan fingerprint density at radius 1 is 1.20 bits per heavy atom. The summed E-state index contributed by atoms with van der Waals surface area (Å²) in [5, 5.41) is 17.9. The molecule has 2 aromatic heterocycles. The molecule has 12 nitrogen and oxygen atoms in total.